The van der Waals surface area contributed by atoms with Gasteiger partial charge in [-0.05, 0) is 35.8 Å². The van der Waals surface area contributed by atoms with Crippen LogP contribution in [0.25, 0.3) is 0 Å². The van der Waals surface area contributed by atoms with Crippen molar-refractivity contribution in [1.82, 2.24) is 5.32 Å². The van der Waals surface area contributed by atoms with Crippen molar-refractivity contribution < 1.29 is 0 Å². The van der Waals surface area contributed by atoms with Gasteiger partial charge in [0.15, 0.2) is 0 Å². The molecular weight excluding hydrogens is 230 g/mol. The first-order valence-corrected chi connectivity index (χ1v) is 7.79. The largest absolute Gasteiger partial charge is 0.314 e. The smallest absolute Gasteiger partial charge is 0.0103 e. The van der Waals surface area contributed by atoms with Crippen molar-refractivity contribution in [2.75, 3.05) is 6.54 Å². The van der Waals surface area contributed by atoms with E-state index in [0.717, 1.165) is 12.5 Å². The summed E-state index contributed by atoms with van der Waals surface area (Å²) < 4.78 is 0. The van der Waals surface area contributed by atoms with Gasteiger partial charge in [-0.2, -0.15) is 0 Å². The Morgan fingerprint density at radius 1 is 1.16 bits per heavy atom. The van der Waals surface area contributed by atoms with Crippen molar-refractivity contribution in [3.63, 3.8) is 0 Å². The van der Waals surface area contributed by atoms with E-state index < -0.39 is 0 Å². The lowest BCUT2D eigenvalue weighted by Crippen LogP contribution is -2.51. The molecule has 1 aromatic carbocycles. The van der Waals surface area contributed by atoms with E-state index in [4.69, 9.17) is 0 Å². The molecule has 0 heterocycles. The second kappa shape index (κ2) is 5.66. The van der Waals surface area contributed by atoms with Crippen LogP contribution in [0.4, 0.5) is 0 Å². The molecule has 1 aromatic rings. The molecule has 0 spiro atoms. The maximum Gasteiger partial charge on any atom is 0.0103 e. The van der Waals surface area contributed by atoms with Gasteiger partial charge in [-0.3, -0.25) is 0 Å². The molecule has 1 saturated carbocycles. The minimum absolute atomic E-state index is 0.375. The molecule has 0 amide bonds. The highest BCUT2D eigenvalue weighted by atomic mass is 14.9. The molecule has 0 aliphatic heterocycles. The lowest BCUT2D eigenvalue weighted by atomic mass is 9.57. The van der Waals surface area contributed by atoms with Crippen LogP contribution in [0.1, 0.15) is 64.5 Å². The molecule has 0 saturated heterocycles. The van der Waals surface area contributed by atoms with Crippen LogP contribution in [0.2, 0.25) is 0 Å². The van der Waals surface area contributed by atoms with Gasteiger partial charge in [-0.15, -0.1) is 0 Å². The zero-order chi connectivity index (χ0) is 14.0. The summed E-state index contributed by atoms with van der Waals surface area (Å²) in [4.78, 5) is 0. The van der Waals surface area contributed by atoms with Crippen LogP contribution in [0, 0.1) is 5.92 Å². The Morgan fingerprint density at radius 3 is 2.16 bits per heavy atom. The maximum absolute atomic E-state index is 3.65. The van der Waals surface area contributed by atoms with Gasteiger partial charge in [0.25, 0.3) is 0 Å². The van der Waals surface area contributed by atoms with E-state index >= 15 is 0 Å². The quantitative estimate of drug-likeness (QED) is 0.822. The Kier molecular flexibility index (Phi) is 4.35. The minimum Gasteiger partial charge on any atom is -0.314 e. The van der Waals surface area contributed by atoms with E-state index in [-0.39, 0.29) is 0 Å². The number of rotatable bonds is 5. The van der Waals surface area contributed by atoms with Crippen LogP contribution < -0.4 is 5.32 Å². The van der Waals surface area contributed by atoms with E-state index in [2.05, 4.69) is 64.2 Å². The van der Waals surface area contributed by atoms with Crippen molar-refractivity contribution >= 4 is 0 Å². The summed E-state index contributed by atoms with van der Waals surface area (Å²) >= 11 is 0. The standard InChI is InChI=1S/C18H29N/c1-13(2)16-6-8-17(9-7-16)18(11-10-15(18)5)12-19-14(3)4/h6-9,13-15,19H,10-12H2,1-5H3. The van der Waals surface area contributed by atoms with Crippen LogP contribution in [0.3, 0.4) is 0 Å². The number of benzene rings is 1. The molecule has 0 bridgehead atoms. The molecule has 1 aliphatic carbocycles. The molecule has 1 N–H and O–H groups in total. The summed E-state index contributed by atoms with van der Waals surface area (Å²) in [7, 11) is 0. The van der Waals surface area contributed by atoms with E-state index in [1.165, 1.54) is 24.0 Å². The predicted octanol–water partition coefficient (Wildman–Crippen LogP) is 4.48. The van der Waals surface area contributed by atoms with Crippen LogP contribution in [-0.2, 0) is 5.41 Å². The van der Waals surface area contributed by atoms with Gasteiger partial charge in [0, 0.05) is 18.0 Å². The highest BCUT2D eigenvalue weighted by Crippen LogP contribution is 2.48. The van der Waals surface area contributed by atoms with E-state index in [1.54, 1.807) is 0 Å². The first kappa shape index (κ1) is 14.6. The summed E-state index contributed by atoms with van der Waals surface area (Å²) in [6.07, 6.45) is 2.70. The summed E-state index contributed by atoms with van der Waals surface area (Å²) in [5.74, 6) is 1.42. The molecule has 2 rings (SSSR count). The van der Waals surface area contributed by atoms with Crippen molar-refractivity contribution in [3.05, 3.63) is 35.4 Å². The van der Waals surface area contributed by atoms with Crippen LogP contribution in [-0.4, -0.2) is 12.6 Å². The summed E-state index contributed by atoms with van der Waals surface area (Å²) in [5.41, 5.74) is 3.35. The van der Waals surface area contributed by atoms with Crippen molar-refractivity contribution in [3.8, 4) is 0 Å². The Hall–Kier alpha value is -0.820. The molecule has 1 fully saturated rings. The highest BCUT2D eigenvalue weighted by Gasteiger charge is 2.44. The summed E-state index contributed by atoms with van der Waals surface area (Å²) in [6.45, 7) is 12.5. The molecular formula is C18H29N. The second-order valence-electron chi connectivity index (χ2n) is 6.91. The van der Waals surface area contributed by atoms with Crippen LogP contribution >= 0.6 is 0 Å². The molecule has 1 nitrogen and oxygen atoms in total. The van der Waals surface area contributed by atoms with Gasteiger partial charge in [-0.1, -0.05) is 58.9 Å². The van der Waals surface area contributed by atoms with Crippen molar-refractivity contribution in [1.29, 1.82) is 0 Å². The molecule has 1 aliphatic rings. The Morgan fingerprint density at radius 2 is 1.79 bits per heavy atom. The Balaban J connectivity index is 2.19. The normalized spacial score (nSPS) is 26.8. The van der Waals surface area contributed by atoms with Gasteiger partial charge < -0.3 is 5.32 Å². The Labute approximate surface area is 118 Å². The molecule has 19 heavy (non-hydrogen) atoms. The monoisotopic (exact) mass is 259 g/mol. The topological polar surface area (TPSA) is 12.0 Å². The third-order valence-corrected chi connectivity index (χ3v) is 4.94. The number of hydrogen-bond donors (Lipinski definition) is 1. The SMILES string of the molecule is CC(C)NCC1(c2ccc(C(C)C)cc2)CCC1C. The first-order valence-electron chi connectivity index (χ1n) is 7.79. The van der Waals surface area contributed by atoms with Gasteiger partial charge >= 0.3 is 0 Å². The number of hydrogen-bond acceptors (Lipinski definition) is 1. The van der Waals surface area contributed by atoms with Crippen LogP contribution in [0.5, 0.6) is 0 Å². The van der Waals surface area contributed by atoms with Gasteiger partial charge in [0.1, 0.15) is 0 Å². The summed E-state index contributed by atoms with van der Waals surface area (Å²) in [5, 5.41) is 3.65. The number of nitrogens with one attached hydrogen (secondary N) is 1. The second-order valence-corrected chi connectivity index (χ2v) is 6.91. The fourth-order valence-corrected chi connectivity index (χ4v) is 3.16. The first-order chi connectivity index (χ1) is 8.95. The third-order valence-electron chi connectivity index (χ3n) is 4.94. The van der Waals surface area contributed by atoms with Crippen LogP contribution in [0.15, 0.2) is 24.3 Å². The zero-order valence-corrected chi connectivity index (χ0v) is 13.2. The Bertz CT molecular complexity index is 404. The molecule has 106 valence electrons. The van der Waals surface area contributed by atoms with E-state index in [9.17, 15) is 0 Å². The average molecular weight is 259 g/mol. The minimum atomic E-state index is 0.375. The van der Waals surface area contributed by atoms with Gasteiger partial charge in [0.05, 0.1) is 0 Å². The van der Waals surface area contributed by atoms with E-state index in [1.807, 2.05) is 0 Å². The average Bonchev–Trinajstić information content (AvgIpc) is 2.37. The lowest BCUT2D eigenvalue weighted by molar-refractivity contribution is 0.131. The lowest BCUT2D eigenvalue weighted by Gasteiger charge is -2.49. The third kappa shape index (κ3) is 2.86. The van der Waals surface area contributed by atoms with Gasteiger partial charge in [0.2, 0.25) is 0 Å². The molecule has 2 unspecified atom stereocenters. The van der Waals surface area contributed by atoms with Gasteiger partial charge in [-0.25, -0.2) is 0 Å². The summed E-state index contributed by atoms with van der Waals surface area (Å²) in [6, 6.07) is 9.95. The maximum atomic E-state index is 3.65. The molecule has 0 radical (unpaired) electrons. The predicted molar refractivity (Wildman–Crippen MR) is 83.7 cm³/mol. The van der Waals surface area contributed by atoms with Crippen molar-refractivity contribution in [2.24, 2.45) is 5.92 Å². The van der Waals surface area contributed by atoms with E-state index in [0.29, 0.717) is 17.4 Å². The molecule has 1 heteroatoms. The highest BCUT2D eigenvalue weighted by molar-refractivity contribution is 5.34. The molecule has 2 atom stereocenters. The molecule has 0 aromatic heterocycles. The fraction of sp³-hybridized carbons (Fsp3) is 0.667. The van der Waals surface area contributed by atoms with Crippen molar-refractivity contribution in [2.45, 2.75) is 64.8 Å². The fourth-order valence-electron chi connectivity index (χ4n) is 3.16. The zero-order valence-electron chi connectivity index (χ0n) is 13.2.